The molecule has 0 aliphatic rings. The van der Waals surface area contributed by atoms with Crippen molar-refractivity contribution in [1.82, 2.24) is 4.98 Å². The average molecular weight is 237 g/mol. The van der Waals surface area contributed by atoms with Crippen LogP contribution in [0.3, 0.4) is 0 Å². The lowest BCUT2D eigenvalue weighted by Crippen LogP contribution is -2.10. The summed E-state index contributed by atoms with van der Waals surface area (Å²) in [5, 5.41) is 12.1. The number of hydrogen-bond acceptors (Lipinski definition) is 3. The molecular formula is C15H15N3. The maximum absolute atomic E-state index is 8.81. The van der Waals surface area contributed by atoms with Gasteiger partial charge in [-0.25, -0.2) is 4.98 Å². The van der Waals surface area contributed by atoms with E-state index in [2.05, 4.69) is 35.4 Å². The third-order valence-electron chi connectivity index (χ3n) is 2.85. The largest absolute Gasteiger partial charge is 0.369 e. The molecule has 3 nitrogen and oxygen atoms in total. The molecule has 0 bridgehead atoms. The third kappa shape index (κ3) is 3.08. The van der Waals surface area contributed by atoms with Gasteiger partial charge < -0.3 is 5.32 Å². The van der Waals surface area contributed by atoms with Crippen LogP contribution in [0.4, 0.5) is 5.82 Å². The van der Waals surface area contributed by atoms with Gasteiger partial charge >= 0.3 is 0 Å². The van der Waals surface area contributed by atoms with E-state index in [1.54, 1.807) is 18.3 Å². The van der Waals surface area contributed by atoms with Gasteiger partial charge in [-0.15, -0.1) is 0 Å². The number of benzene rings is 1. The van der Waals surface area contributed by atoms with Crippen LogP contribution in [0.15, 0.2) is 48.7 Å². The fourth-order valence-corrected chi connectivity index (χ4v) is 1.75. The minimum Gasteiger partial charge on any atom is -0.369 e. The second kappa shape index (κ2) is 5.83. The molecule has 0 amide bonds. The number of pyridine rings is 1. The number of rotatable bonds is 4. The zero-order chi connectivity index (χ0) is 12.8. The van der Waals surface area contributed by atoms with E-state index in [9.17, 15) is 0 Å². The summed E-state index contributed by atoms with van der Waals surface area (Å²) in [6.45, 7) is 2.96. The highest BCUT2D eigenvalue weighted by Gasteiger charge is 2.05. The Hall–Kier alpha value is -2.34. The van der Waals surface area contributed by atoms with Crippen LogP contribution in [0.5, 0.6) is 0 Å². The maximum atomic E-state index is 8.81. The maximum Gasteiger partial charge on any atom is 0.127 e. The summed E-state index contributed by atoms with van der Waals surface area (Å²) in [6.07, 6.45) is 1.65. The summed E-state index contributed by atoms with van der Waals surface area (Å²) < 4.78 is 0. The lowest BCUT2D eigenvalue weighted by molar-refractivity contribution is 0.801. The molecule has 1 unspecified atom stereocenters. The van der Waals surface area contributed by atoms with E-state index < -0.39 is 0 Å². The van der Waals surface area contributed by atoms with E-state index >= 15 is 0 Å². The van der Waals surface area contributed by atoms with Crippen molar-refractivity contribution < 1.29 is 0 Å². The summed E-state index contributed by atoms with van der Waals surface area (Å²) in [4.78, 5) is 4.19. The molecule has 3 heteroatoms. The SMILES string of the molecule is CC(CNc1cc(C#N)ccn1)c1ccccc1. The highest BCUT2D eigenvalue weighted by molar-refractivity contribution is 5.42. The van der Waals surface area contributed by atoms with E-state index in [0.29, 0.717) is 11.5 Å². The lowest BCUT2D eigenvalue weighted by Gasteiger charge is -2.13. The van der Waals surface area contributed by atoms with Gasteiger partial charge in [-0.3, -0.25) is 0 Å². The molecule has 0 fully saturated rings. The van der Waals surface area contributed by atoms with Crippen molar-refractivity contribution in [2.24, 2.45) is 0 Å². The number of nitrogens with zero attached hydrogens (tertiary/aromatic N) is 2. The molecule has 0 spiro atoms. The van der Waals surface area contributed by atoms with E-state index in [4.69, 9.17) is 5.26 Å². The van der Waals surface area contributed by atoms with Crippen molar-refractivity contribution in [2.45, 2.75) is 12.8 Å². The van der Waals surface area contributed by atoms with Crippen LogP contribution in [0, 0.1) is 11.3 Å². The van der Waals surface area contributed by atoms with Gasteiger partial charge in [-0.2, -0.15) is 5.26 Å². The average Bonchev–Trinajstić information content (AvgIpc) is 2.46. The van der Waals surface area contributed by atoms with E-state index in [1.807, 2.05) is 18.2 Å². The van der Waals surface area contributed by atoms with Gasteiger partial charge in [-0.05, 0) is 23.6 Å². The molecule has 1 aromatic heterocycles. The second-order valence-corrected chi connectivity index (χ2v) is 4.23. The molecule has 0 saturated carbocycles. The van der Waals surface area contributed by atoms with Gasteiger partial charge in [0.1, 0.15) is 5.82 Å². The molecule has 0 aliphatic heterocycles. The van der Waals surface area contributed by atoms with Gasteiger partial charge in [0.15, 0.2) is 0 Å². The normalized spacial score (nSPS) is 11.6. The number of hydrogen-bond donors (Lipinski definition) is 1. The number of nitriles is 1. The molecule has 1 heterocycles. The molecule has 2 aromatic rings. The zero-order valence-electron chi connectivity index (χ0n) is 10.3. The molecule has 1 N–H and O–H groups in total. The summed E-state index contributed by atoms with van der Waals surface area (Å²) in [7, 11) is 0. The van der Waals surface area contributed by atoms with Crippen LogP contribution >= 0.6 is 0 Å². The number of anilines is 1. The van der Waals surface area contributed by atoms with Crippen molar-refractivity contribution >= 4 is 5.82 Å². The van der Waals surface area contributed by atoms with Gasteiger partial charge in [0.25, 0.3) is 0 Å². The minimum atomic E-state index is 0.402. The fourth-order valence-electron chi connectivity index (χ4n) is 1.75. The minimum absolute atomic E-state index is 0.402. The van der Waals surface area contributed by atoms with E-state index in [-0.39, 0.29) is 0 Å². The summed E-state index contributed by atoms with van der Waals surface area (Å²) in [5.74, 6) is 1.15. The van der Waals surface area contributed by atoms with Crippen LogP contribution in [0.1, 0.15) is 24.0 Å². The molecule has 18 heavy (non-hydrogen) atoms. The predicted octanol–water partition coefficient (Wildman–Crippen LogP) is 3.17. The first-order valence-corrected chi connectivity index (χ1v) is 5.94. The second-order valence-electron chi connectivity index (χ2n) is 4.23. The van der Waals surface area contributed by atoms with Gasteiger partial charge in [-0.1, -0.05) is 37.3 Å². The van der Waals surface area contributed by atoms with Crippen LogP contribution in [-0.4, -0.2) is 11.5 Å². The van der Waals surface area contributed by atoms with E-state index in [1.165, 1.54) is 5.56 Å². The van der Waals surface area contributed by atoms with Gasteiger partial charge in [0, 0.05) is 12.7 Å². The monoisotopic (exact) mass is 237 g/mol. The Morgan fingerprint density at radius 2 is 2.06 bits per heavy atom. The Kier molecular flexibility index (Phi) is 3.93. The first-order chi connectivity index (χ1) is 8.79. The predicted molar refractivity (Wildman–Crippen MR) is 72.3 cm³/mol. The molecule has 1 aromatic carbocycles. The molecule has 0 saturated heterocycles. The summed E-state index contributed by atoms with van der Waals surface area (Å²) in [5.41, 5.74) is 1.92. The molecule has 0 aliphatic carbocycles. The van der Waals surface area contributed by atoms with Crippen LogP contribution in [0.2, 0.25) is 0 Å². The van der Waals surface area contributed by atoms with E-state index in [0.717, 1.165) is 12.4 Å². The van der Waals surface area contributed by atoms with Crippen molar-refractivity contribution in [3.05, 3.63) is 59.8 Å². The topological polar surface area (TPSA) is 48.7 Å². The van der Waals surface area contributed by atoms with Gasteiger partial charge in [0.05, 0.1) is 11.6 Å². The standard InChI is InChI=1S/C15H15N3/c1-12(14-5-3-2-4-6-14)11-18-15-9-13(10-16)7-8-17-15/h2-9,12H,11H2,1H3,(H,17,18). The highest BCUT2D eigenvalue weighted by Crippen LogP contribution is 2.15. The Labute approximate surface area is 107 Å². The Bertz CT molecular complexity index is 543. The Balaban J connectivity index is 1.97. The number of nitrogens with one attached hydrogen (secondary N) is 1. The molecule has 90 valence electrons. The van der Waals surface area contributed by atoms with Crippen LogP contribution in [-0.2, 0) is 0 Å². The Morgan fingerprint density at radius 3 is 2.78 bits per heavy atom. The first kappa shape index (κ1) is 12.1. The molecule has 1 atom stereocenters. The number of aromatic nitrogens is 1. The fraction of sp³-hybridized carbons (Fsp3) is 0.200. The molecular weight excluding hydrogens is 222 g/mol. The highest BCUT2D eigenvalue weighted by atomic mass is 15.0. The van der Waals surface area contributed by atoms with Gasteiger partial charge in [0.2, 0.25) is 0 Å². The smallest absolute Gasteiger partial charge is 0.127 e. The summed E-state index contributed by atoms with van der Waals surface area (Å²) >= 11 is 0. The Morgan fingerprint density at radius 1 is 1.28 bits per heavy atom. The lowest BCUT2D eigenvalue weighted by atomic mass is 10.0. The molecule has 2 rings (SSSR count). The van der Waals surface area contributed by atoms with Crippen molar-refractivity contribution in [3.63, 3.8) is 0 Å². The van der Waals surface area contributed by atoms with Crippen LogP contribution < -0.4 is 5.32 Å². The first-order valence-electron chi connectivity index (χ1n) is 5.94. The third-order valence-corrected chi connectivity index (χ3v) is 2.85. The van der Waals surface area contributed by atoms with Crippen molar-refractivity contribution in [3.8, 4) is 6.07 Å². The summed E-state index contributed by atoms with van der Waals surface area (Å²) in [6, 6.07) is 15.9. The quantitative estimate of drug-likeness (QED) is 0.888. The molecule has 0 radical (unpaired) electrons. The van der Waals surface area contributed by atoms with Crippen LogP contribution in [0.25, 0.3) is 0 Å². The van der Waals surface area contributed by atoms with Crippen molar-refractivity contribution in [1.29, 1.82) is 5.26 Å². The van der Waals surface area contributed by atoms with Crippen molar-refractivity contribution in [2.75, 3.05) is 11.9 Å². The zero-order valence-corrected chi connectivity index (χ0v) is 10.3.